The van der Waals surface area contributed by atoms with Crippen LogP contribution in [0.25, 0.3) is 10.9 Å². The SMILES string of the molecule is CCCn1ncc2c1NC=NC2c1c(O)n(Br)c2ccccc12. The number of halogens is 1. The Bertz CT molecular complexity index is 911. The molecule has 0 fully saturated rings. The minimum atomic E-state index is -0.277. The largest absolute Gasteiger partial charge is 0.494 e. The molecule has 118 valence electrons. The van der Waals surface area contributed by atoms with Gasteiger partial charge in [0.25, 0.3) is 0 Å². The van der Waals surface area contributed by atoms with Crippen LogP contribution in [-0.2, 0) is 6.54 Å². The Labute approximate surface area is 141 Å². The van der Waals surface area contributed by atoms with Gasteiger partial charge in [-0.2, -0.15) is 5.10 Å². The molecule has 6 nitrogen and oxygen atoms in total. The molecule has 2 aromatic heterocycles. The van der Waals surface area contributed by atoms with Crippen molar-refractivity contribution in [3.8, 4) is 5.88 Å². The van der Waals surface area contributed by atoms with E-state index in [-0.39, 0.29) is 11.9 Å². The molecule has 0 amide bonds. The smallest absolute Gasteiger partial charge is 0.208 e. The second-order valence-electron chi connectivity index (χ2n) is 5.53. The van der Waals surface area contributed by atoms with E-state index in [0.717, 1.165) is 40.8 Å². The maximum atomic E-state index is 10.6. The Morgan fingerprint density at radius 2 is 2.17 bits per heavy atom. The lowest BCUT2D eigenvalue weighted by molar-refractivity contribution is 0.445. The number of benzene rings is 1. The number of hydrogen-bond acceptors (Lipinski definition) is 4. The van der Waals surface area contributed by atoms with Crippen LogP contribution in [0, 0.1) is 0 Å². The van der Waals surface area contributed by atoms with Crippen molar-refractivity contribution in [1.29, 1.82) is 0 Å². The molecule has 0 saturated heterocycles. The molecule has 3 aromatic rings. The van der Waals surface area contributed by atoms with Crippen LogP contribution in [0.3, 0.4) is 0 Å². The molecule has 2 N–H and O–H groups in total. The number of fused-ring (bicyclic) bond motifs is 2. The number of hydrogen-bond donors (Lipinski definition) is 2. The zero-order valence-corrected chi connectivity index (χ0v) is 14.2. The van der Waals surface area contributed by atoms with Crippen molar-refractivity contribution in [1.82, 2.24) is 13.4 Å². The first-order chi connectivity index (χ1) is 11.2. The van der Waals surface area contributed by atoms with Crippen molar-refractivity contribution in [2.75, 3.05) is 5.32 Å². The first-order valence-corrected chi connectivity index (χ1v) is 8.25. The van der Waals surface area contributed by atoms with E-state index in [4.69, 9.17) is 0 Å². The third-order valence-corrected chi connectivity index (χ3v) is 4.85. The van der Waals surface area contributed by atoms with Crippen LogP contribution < -0.4 is 5.32 Å². The molecule has 0 aliphatic carbocycles. The van der Waals surface area contributed by atoms with Crippen LogP contribution in [0.5, 0.6) is 5.88 Å². The minimum absolute atomic E-state index is 0.171. The van der Waals surface area contributed by atoms with E-state index in [9.17, 15) is 5.11 Å². The Morgan fingerprint density at radius 1 is 1.35 bits per heavy atom. The van der Waals surface area contributed by atoms with E-state index >= 15 is 0 Å². The van der Waals surface area contributed by atoms with Gasteiger partial charge in [0.15, 0.2) is 0 Å². The van der Waals surface area contributed by atoms with Crippen molar-refractivity contribution in [3.63, 3.8) is 0 Å². The minimum Gasteiger partial charge on any atom is -0.494 e. The van der Waals surface area contributed by atoms with Gasteiger partial charge >= 0.3 is 0 Å². The summed E-state index contributed by atoms with van der Waals surface area (Å²) in [5, 5.41) is 19.2. The lowest BCUT2D eigenvalue weighted by Gasteiger charge is -2.18. The second kappa shape index (κ2) is 5.42. The van der Waals surface area contributed by atoms with Gasteiger partial charge in [0.1, 0.15) is 11.9 Å². The van der Waals surface area contributed by atoms with E-state index in [1.54, 1.807) is 9.93 Å². The molecule has 3 heterocycles. The highest BCUT2D eigenvalue weighted by molar-refractivity contribution is 9.08. The topological polar surface area (TPSA) is 67.4 Å². The standard InChI is InChI=1S/C16H16BrN5O/c1-2-7-21-15-11(8-20-21)14(18-9-19-15)13-10-5-3-4-6-12(10)22(17)16(13)23/h3-6,8-9,14,23H,2,7H2,1H3,(H,18,19). The van der Waals surface area contributed by atoms with E-state index in [1.807, 2.05) is 35.1 Å². The summed E-state index contributed by atoms with van der Waals surface area (Å²) in [7, 11) is 0. The van der Waals surface area contributed by atoms with E-state index in [0.29, 0.717) is 0 Å². The normalized spacial score (nSPS) is 16.5. The summed E-state index contributed by atoms with van der Waals surface area (Å²) < 4.78 is 3.56. The molecule has 1 unspecified atom stereocenters. The second-order valence-corrected chi connectivity index (χ2v) is 6.24. The number of anilines is 1. The highest BCUT2D eigenvalue weighted by Gasteiger charge is 2.29. The molecule has 0 radical (unpaired) electrons. The maximum Gasteiger partial charge on any atom is 0.208 e. The summed E-state index contributed by atoms with van der Waals surface area (Å²) in [6, 6.07) is 7.58. The Balaban J connectivity index is 1.91. The Kier molecular flexibility index (Phi) is 3.37. The van der Waals surface area contributed by atoms with Gasteiger partial charge in [-0.15, -0.1) is 0 Å². The number of aromatic nitrogens is 3. The van der Waals surface area contributed by atoms with Crippen molar-refractivity contribution < 1.29 is 5.11 Å². The van der Waals surface area contributed by atoms with E-state index in [2.05, 4.69) is 38.5 Å². The summed E-state index contributed by atoms with van der Waals surface area (Å²) >= 11 is 3.42. The first-order valence-electron chi connectivity index (χ1n) is 7.54. The number of aryl methyl sites for hydroxylation is 1. The predicted octanol–water partition coefficient (Wildman–Crippen LogP) is 3.65. The fourth-order valence-electron chi connectivity index (χ4n) is 3.10. The monoisotopic (exact) mass is 373 g/mol. The summed E-state index contributed by atoms with van der Waals surface area (Å²) in [5.41, 5.74) is 2.67. The molecule has 23 heavy (non-hydrogen) atoms. The molecule has 0 bridgehead atoms. The molecule has 4 rings (SSSR count). The van der Waals surface area contributed by atoms with Gasteiger partial charge in [0.2, 0.25) is 5.88 Å². The molecule has 1 aliphatic heterocycles. The van der Waals surface area contributed by atoms with E-state index in [1.165, 1.54) is 0 Å². The third-order valence-electron chi connectivity index (χ3n) is 4.13. The van der Waals surface area contributed by atoms with Gasteiger partial charge in [0, 0.05) is 17.5 Å². The molecule has 1 aliphatic rings. The molecule has 1 atom stereocenters. The van der Waals surface area contributed by atoms with Gasteiger partial charge in [0.05, 0.1) is 39.8 Å². The third kappa shape index (κ3) is 2.07. The number of nitrogens with one attached hydrogen (secondary N) is 1. The van der Waals surface area contributed by atoms with Gasteiger partial charge in [-0.25, -0.2) is 8.27 Å². The summed E-state index contributed by atoms with van der Waals surface area (Å²) in [6.07, 6.45) is 4.52. The Morgan fingerprint density at radius 3 is 3.00 bits per heavy atom. The zero-order chi connectivity index (χ0) is 16.0. The average molecular weight is 374 g/mol. The van der Waals surface area contributed by atoms with Gasteiger partial charge in [-0.3, -0.25) is 4.99 Å². The lowest BCUT2D eigenvalue weighted by Crippen LogP contribution is -2.14. The fourth-order valence-corrected chi connectivity index (χ4v) is 3.61. The molecule has 1 aromatic carbocycles. The lowest BCUT2D eigenvalue weighted by atomic mass is 9.99. The number of aromatic hydroxyl groups is 1. The predicted molar refractivity (Wildman–Crippen MR) is 94.4 cm³/mol. The summed E-state index contributed by atoms with van der Waals surface area (Å²) in [4.78, 5) is 4.56. The van der Waals surface area contributed by atoms with E-state index < -0.39 is 0 Å². The summed E-state index contributed by atoms with van der Waals surface area (Å²) in [5.74, 6) is 1.11. The van der Waals surface area contributed by atoms with Crippen molar-refractivity contribution in [2.45, 2.75) is 25.9 Å². The Hall–Kier alpha value is -2.28. The molecule has 7 heteroatoms. The molecular formula is C16H16BrN5O. The molecule has 0 spiro atoms. The quantitative estimate of drug-likeness (QED) is 0.735. The van der Waals surface area contributed by atoms with Crippen molar-refractivity contribution in [2.24, 2.45) is 4.99 Å². The number of para-hydroxylation sites is 1. The number of nitrogens with zero attached hydrogens (tertiary/aromatic N) is 4. The highest BCUT2D eigenvalue weighted by Crippen LogP contribution is 2.43. The number of aliphatic imine (C=N–C) groups is 1. The van der Waals surface area contributed by atoms with Crippen LogP contribution in [0.4, 0.5) is 5.82 Å². The van der Waals surface area contributed by atoms with Crippen LogP contribution in [-0.4, -0.2) is 24.8 Å². The fraction of sp³-hybridized carbons (Fsp3) is 0.250. The zero-order valence-electron chi connectivity index (χ0n) is 12.6. The molecular weight excluding hydrogens is 358 g/mol. The highest BCUT2D eigenvalue weighted by atomic mass is 79.9. The average Bonchev–Trinajstić information content (AvgIpc) is 3.09. The van der Waals surface area contributed by atoms with Gasteiger partial charge in [-0.1, -0.05) is 25.1 Å². The molecule has 0 saturated carbocycles. The summed E-state index contributed by atoms with van der Waals surface area (Å²) in [6.45, 7) is 2.96. The van der Waals surface area contributed by atoms with Crippen molar-refractivity contribution >= 4 is 39.2 Å². The van der Waals surface area contributed by atoms with Crippen LogP contribution in [0.1, 0.15) is 30.5 Å². The maximum absolute atomic E-state index is 10.6. The van der Waals surface area contributed by atoms with Gasteiger partial charge in [-0.05, 0) is 12.5 Å². The van der Waals surface area contributed by atoms with Gasteiger partial charge < -0.3 is 10.4 Å². The first kappa shape index (κ1) is 14.3. The number of rotatable bonds is 3. The van der Waals surface area contributed by atoms with Crippen molar-refractivity contribution in [3.05, 3.63) is 41.6 Å². The van der Waals surface area contributed by atoms with Crippen LogP contribution in [0.15, 0.2) is 35.5 Å². The van der Waals surface area contributed by atoms with Crippen LogP contribution >= 0.6 is 16.1 Å². The van der Waals surface area contributed by atoms with Crippen LogP contribution in [0.2, 0.25) is 0 Å².